The molecule has 0 aromatic carbocycles. The third kappa shape index (κ3) is 1.59. The molecular formula is C7H10N2O2. The second-order valence-corrected chi connectivity index (χ2v) is 2.15. The number of hydrogen-bond donors (Lipinski definition) is 1. The summed E-state index contributed by atoms with van der Waals surface area (Å²) in [5.74, 6) is -0.438. The minimum absolute atomic E-state index is 0.352. The zero-order chi connectivity index (χ0) is 8.27. The second-order valence-electron chi connectivity index (χ2n) is 2.15. The lowest BCUT2D eigenvalue weighted by molar-refractivity contribution is 0.0957. The summed E-state index contributed by atoms with van der Waals surface area (Å²) in [4.78, 5) is 10.7. The molecule has 2 N–H and O–H groups in total. The molecule has 0 atom stereocenters. The maximum atomic E-state index is 10.7. The van der Waals surface area contributed by atoms with Gasteiger partial charge in [0.05, 0.1) is 0 Å². The number of carbonyl (C=O) groups is 1. The van der Waals surface area contributed by atoms with Crippen LogP contribution in [0.4, 0.5) is 0 Å². The van der Waals surface area contributed by atoms with E-state index in [9.17, 15) is 4.79 Å². The van der Waals surface area contributed by atoms with E-state index in [2.05, 4.69) is 0 Å². The molecular weight excluding hydrogens is 144 g/mol. The van der Waals surface area contributed by atoms with Crippen LogP contribution in [0.25, 0.3) is 0 Å². The number of nitrogens with zero attached hydrogens (tertiary/aromatic N) is 1. The fourth-order valence-electron chi connectivity index (χ4n) is 0.889. The monoisotopic (exact) mass is 154 g/mol. The lowest BCUT2D eigenvalue weighted by Gasteiger charge is -2.03. The lowest BCUT2D eigenvalue weighted by Crippen LogP contribution is -2.16. The molecule has 0 unspecified atom stereocenters. The summed E-state index contributed by atoms with van der Waals surface area (Å²) >= 11 is 0. The molecule has 1 aromatic rings. The Morgan fingerprint density at radius 1 is 1.82 bits per heavy atom. The molecule has 0 saturated heterocycles. The van der Waals surface area contributed by atoms with E-state index >= 15 is 0 Å². The highest BCUT2D eigenvalue weighted by Gasteiger charge is 2.04. The van der Waals surface area contributed by atoms with Crippen LogP contribution < -0.4 is 5.73 Å². The van der Waals surface area contributed by atoms with Gasteiger partial charge in [0, 0.05) is 13.3 Å². The molecule has 1 amide bonds. The van der Waals surface area contributed by atoms with Crippen LogP contribution in [0.3, 0.4) is 0 Å². The molecule has 0 bridgehead atoms. The van der Waals surface area contributed by atoms with Crippen LogP contribution in [0.5, 0.6) is 0 Å². The van der Waals surface area contributed by atoms with E-state index in [-0.39, 0.29) is 0 Å². The highest BCUT2D eigenvalue weighted by Crippen LogP contribution is 2.00. The molecule has 0 radical (unpaired) electrons. The smallest absolute Gasteiger partial charge is 0.265 e. The van der Waals surface area contributed by atoms with E-state index in [1.807, 2.05) is 0 Å². The highest BCUT2D eigenvalue weighted by atomic mass is 16.5. The van der Waals surface area contributed by atoms with E-state index in [4.69, 9.17) is 10.5 Å². The van der Waals surface area contributed by atoms with E-state index in [1.54, 1.807) is 30.0 Å². The van der Waals surface area contributed by atoms with Crippen LogP contribution in [0.1, 0.15) is 10.5 Å². The van der Waals surface area contributed by atoms with E-state index in [0.717, 1.165) is 0 Å². The van der Waals surface area contributed by atoms with Crippen molar-refractivity contribution in [3.8, 4) is 0 Å². The third-order valence-electron chi connectivity index (χ3n) is 1.35. The first-order valence-corrected chi connectivity index (χ1v) is 3.19. The summed E-state index contributed by atoms with van der Waals surface area (Å²) in [5, 5.41) is 0. The molecule has 0 fully saturated rings. The predicted molar refractivity (Wildman–Crippen MR) is 40.0 cm³/mol. The van der Waals surface area contributed by atoms with Crippen LogP contribution in [0, 0.1) is 0 Å². The Balaban J connectivity index is 2.87. The lowest BCUT2D eigenvalue weighted by atomic mass is 10.4. The maximum absolute atomic E-state index is 10.7. The normalized spacial score (nSPS) is 9.91. The van der Waals surface area contributed by atoms with Gasteiger partial charge in [-0.15, -0.1) is 0 Å². The Kier molecular flexibility index (Phi) is 2.28. The van der Waals surface area contributed by atoms with Gasteiger partial charge in [0.15, 0.2) is 0 Å². The van der Waals surface area contributed by atoms with Crippen molar-refractivity contribution in [2.24, 2.45) is 5.73 Å². The van der Waals surface area contributed by atoms with Crippen molar-refractivity contribution >= 4 is 5.91 Å². The van der Waals surface area contributed by atoms with Gasteiger partial charge in [-0.1, -0.05) is 0 Å². The number of ether oxygens (including phenoxy) is 1. The maximum Gasteiger partial charge on any atom is 0.265 e. The fraction of sp³-hybridized carbons (Fsp3) is 0.286. The number of nitrogens with two attached hydrogens (primary N) is 1. The molecule has 1 aromatic heterocycles. The molecule has 0 spiro atoms. The van der Waals surface area contributed by atoms with Gasteiger partial charge >= 0.3 is 0 Å². The van der Waals surface area contributed by atoms with Gasteiger partial charge in [0.25, 0.3) is 5.91 Å². The SMILES string of the molecule is COCn1cccc1C(N)=O. The number of carbonyl (C=O) groups excluding carboxylic acids is 1. The Bertz CT molecular complexity index is 255. The Labute approximate surface area is 64.6 Å². The van der Waals surface area contributed by atoms with Gasteiger partial charge in [0.1, 0.15) is 12.4 Å². The number of methoxy groups -OCH3 is 1. The van der Waals surface area contributed by atoms with E-state index in [0.29, 0.717) is 12.4 Å². The van der Waals surface area contributed by atoms with Gasteiger partial charge in [-0.25, -0.2) is 0 Å². The van der Waals surface area contributed by atoms with Gasteiger partial charge in [-0.2, -0.15) is 0 Å². The molecule has 0 saturated carbocycles. The van der Waals surface area contributed by atoms with Gasteiger partial charge in [0.2, 0.25) is 0 Å². The summed E-state index contributed by atoms with van der Waals surface area (Å²) in [5.41, 5.74) is 5.54. The molecule has 0 aliphatic heterocycles. The van der Waals surface area contributed by atoms with Gasteiger partial charge in [-0.05, 0) is 12.1 Å². The van der Waals surface area contributed by atoms with Gasteiger partial charge in [-0.3, -0.25) is 4.79 Å². The van der Waals surface area contributed by atoms with Crippen LogP contribution in [-0.2, 0) is 11.5 Å². The summed E-state index contributed by atoms with van der Waals surface area (Å²) in [6, 6.07) is 3.40. The van der Waals surface area contributed by atoms with Crippen molar-refractivity contribution in [1.82, 2.24) is 4.57 Å². The van der Waals surface area contributed by atoms with Crippen LogP contribution in [0.15, 0.2) is 18.3 Å². The topological polar surface area (TPSA) is 57.2 Å². The fourth-order valence-corrected chi connectivity index (χ4v) is 0.889. The first kappa shape index (κ1) is 7.81. The number of amides is 1. The summed E-state index contributed by atoms with van der Waals surface area (Å²) in [7, 11) is 1.56. The van der Waals surface area contributed by atoms with Crippen molar-refractivity contribution in [3.63, 3.8) is 0 Å². The van der Waals surface area contributed by atoms with E-state index in [1.165, 1.54) is 0 Å². The van der Waals surface area contributed by atoms with Gasteiger partial charge < -0.3 is 15.0 Å². The largest absolute Gasteiger partial charge is 0.364 e. The van der Waals surface area contributed by atoms with Crippen molar-refractivity contribution in [3.05, 3.63) is 24.0 Å². The first-order chi connectivity index (χ1) is 5.25. The minimum atomic E-state index is -0.438. The minimum Gasteiger partial charge on any atom is -0.364 e. The molecule has 1 rings (SSSR count). The Morgan fingerprint density at radius 3 is 3.09 bits per heavy atom. The molecule has 0 aliphatic carbocycles. The second kappa shape index (κ2) is 3.21. The third-order valence-corrected chi connectivity index (χ3v) is 1.35. The number of hydrogen-bond acceptors (Lipinski definition) is 2. The average molecular weight is 154 g/mol. The summed E-state index contributed by atoms with van der Waals surface area (Å²) in [6.07, 6.45) is 1.74. The molecule has 11 heavy (non-hydrogen) atoms. The zero-order valence-corrected chi connectivity index (χ0v) is 6.28. The highest BCUT2D eigenvalue weighted by molar-refractivity contribution is 5.91. The standard InChI is InChI=1S/C7H10N2O2/c1-11-5-9-4-2-3-6(9)7(8)10/h2-4H,5H2,1H3,(H2,8,10). The Hall–Kier alpha value is -1.29. The molecule has 4 heteroatoms. The average Bonchev–Trinajstić information content (AvgIpc) is 2.36. The Morgan fingerprint density at radius 2 is 2.55 bits per heavy atom. The zero-order valence-electron chi connectivity index (χ0n) is 6.28. The number of primary amides is 1. The number of aromatic nitrogens is 1. The quantitative estimate of drug-likeness (QED) is 0.675. The molecule has 4 nitrogen and oxygen atoms in total. The summed E-state index contributed by atoms with van der Waals surface area (Å²) < 4.78 is 6.47. The predicted octanol–water partition coefficient (Wildman–Crippen LogP) is 0.191. The van der Waals surface area contributed by atoms with Crippen LogP contribution >= 0.6 is 0 Å². The molecule has 60 valence electrons. The van der Waals surface area contributed by atoms with Crippen LogP contribution in [0.2, 0.25) is 0 Å². The number of rotatable bonds is 3. The van der Waals surface area contributed by atoms with Crippen molar-refractivity contribution in [1.29, 1.82) is 0 Å². The molecule has 1 heterocycles. The van der Waals surface area contributed by atoms with Crippen LogP contribution in [-0.4, -0.2) is 17.6 Å². The van der Waals surface area contributed by atoms with E-state index < -0.39 is 5.91 Å². The first-order valence-electron chi connectivity index (χ1n) is 3.19. The molecule has 0 aliphatic rings. The van der Waals surface area contributed by atoms with Crippen molar-refractivity contribution < 1.29 is 9.53 Å². The van der Waals surface area contributed by atoms with Crippen molar-refractivity contribution in [2.75, 3.05) is 7.11 Å². The summed E-state index contributed by atoms with van der Waals surface area (Å²) in [6.45, 7) is 0.352. The van der Waals surface area contributed by atoms with Crippen molar-refractivity contribution in [2.45, 2.75) is 6.73 Å².